The zero-order chi connectivity index (χ0) is 20.3. The lowest BCUT2D eigenvalue weighted by Crippen LogP contribution is -2.29. The van der Waals surface area contributed by atoms with Crippen LogP contribution in [-0.4, -0.2) is 32.7 Å². The van der Waals surface area contributed by atoms with Crippen LogP contribution < -0.4 is 0 Å². The van der Waals surface area contributed by atoms with Gasteiger partial charge in [0.05, 0.1) is 4.91 Å². The maximum Gasteiger partial charge on any atom is 0.303 e. The summed E-state index contributed by atoms with van der Waals surface area (Å²) in [6.45, 7) is 0.355. The summed E-state index contributed by atoms with van der Waals surface area (Å²) in [4.78, 5) is 24.9. The molecule has 1 aromatic carbocycles. The molecule has 3 rings (SSSR count). The summed E-state index contributed by atoms with van der Waals surface area (Å²) in [5.41, 5.74) is 0.379. The average Bonchev–Trinajstić information content (AvgIpc) is 3.20. The summed E-state index contributed by atoms with van der Waals surface area (Å²) in [6.07, 6.45) is 2.58. The first-order valence-corrected chi connectivity index (χ1v) is 9.60. The Morgan fingerprint density at radius 3 is 2.71 bits per heavy atom. The number of furan rings is 1. The molecule has 28 heavy (non-hydrogen) atoms. The van der Waals surface area contributed by atoms with Gasteiger partial charge in [-0.2, -0.15) is 0 Å². The van der Waals surface area contributed by atoms with Gasteiger partial charge < -0.3 is 9.52 Å². The molecule has 1 saturated heterocycles. The highest BCUT2D eigenvalue weighted by Gasteiger charge is 2.31. The highest BCUT2D eigenvalue weighted by Crippen LogP contribution is 2.34. The second-order valence-corrected chi connectivity index (χ2v) is 7.69. The minimum absolute atomic E-state index is 0.0454. The van der Waals surface area contributed by atoms with Crippen molar-refractivity contribution < 1.29 is 27.9 Å². The summed E-state index contributed by atoms with van der Waals surface area (Å²) in [6, 6.07) is 6.68. The fourth-order valence-corrected chi connectivity index (χ4v) is 3.89. The van der Waals surface area contributed by atoms with Crippen LogP contribution in [0.25, 0.3) is 17.4 Å². The summed E-state index contributed by atoms with van der Waals surface area (Å²) < 4.78 is 32.4. The van der Waals surface area contributed by atoms with Crippen LogP contribution in [0, 0.1) is 11.6 Å². The average molecular weight is 423 g/mol. The minimum Gasteiger partial charge on any atom is -0.481 e. The van der Waals surface area contributed by atoms with Gasteiger partial charge in [0.15, 0.2) is 11.6 Å². The van der Waals surface area contributed by atoms with Crippen molar-refractivity contribution in [3.63, 3.8) is 0 Å². The molecular weight excluding hydrogens is 408 g/mol. The Balaban J connectivity index is 1.69. The van der Waals surface area contributed by atoms with Crippen molar-refractivity contribution in [3.05, 3.63) is 52.6 Å². The van der Waals surface area contributed by atoms with Gasteiger partial charge in [-0.3, -0.25) is 14.5 Å². The van der Waals surface area contributed by atoms with E-state index in [0.717, 1.165) is 23.9 Å². The zero-order valence-electron chi connectivity index (χ0n) is 14.5. The molecule has 5 nitrogen and oxygen atoms in total. The van der Waals surface area contributed by atoms with Crippen molar-refractivity contribution in [2.24, 2.45) is 0 Å². The lowest BCUT2D eigenvalue weighted by Gasteiger charge is -2.13. The predicted molar refractivity (Wildman–Crippen MR) is 105 cm³/mol. The molecule has 0 radical (unpaired) electrons. The number of nitrogens with zero attached hydrogens (tertiary/aromatic N) is 1. The van der Waals surface area contributed by atoms with Gasteiger partial charge >= 0.3 is 5.97 Å². The number of hydrogen-bond acceptors (Lipinski definition) is 5. The zero-order valence-corrected chi connectivity index (χ0v) is 16.1. The van der Waals surface area contributed by atoms with Crippen LogP contribution in [0.5, 0.6) is 0 Å². The number of rotatable bonds is 7. The first-order valence-electron chi connectivity index (χ1n) is 8.37. The fourth-order valence-electron chi connectivity index (χ4n) is 2.60. The standard InChI is InChI=1S/C19H15F2NO4S2/c20-13-6-4-11(9-14(13)21)15-7-5-12(26-15)10-16-18(25)22(19(27)28-16)8-2-1-3-17(23)24/h4-7,9-10H,1-3,8H2,(H,23,24). The number of hydrogen-bond donors (Lipinski definition) is 1. The van der Waals surface area contributed by atoms with Crippen molar-refractivity contribution in [2.75, 3.05) is 6.54 Å². The van der Waals surface area contributed by atoms with Gasteiger partial charge in [-0.25, -0.2) is 8.78 Å². The molecule has 1 aromatic heterocycles. The van der Waals surface area contributed by atoms with E-state index in [0.29, 0.717) is 45.7 Å². The number of carboxylic acids is 1. The number of carbonyl (C=O) groups is 2. The summed E-state index contributed by atoms with van der Waals surface area (Å²) in [5, 5.41) is 8.66. The van der Waals surface area contributed by atoms with E-state index in [1.54, 1.807) is 18.2 Å². The van der Waals surface area contributed by atoms with Crippen LogP contribution in [0.4, 0.5) is 8.78 Å². The third-order valence-electron chi connectivity index (χ3n) is 4.00. The summed E-state index contributed by atoms with van der Waals surface area (Å²) in [7, 11) is 0. The molecule has 0 atom stereocenters. The number of carbonyl (C=O) groups excluding carboxylic acids is 1. The highest BCUT2D eigenvalue weighted by molar-refractivity contribution is 8.26. The molecule has 1 aliphatic rings. The largest absolute Gasteiger partial charge is 0.481 e. The van der Waals surface area contributed by atoms with E-state index in [1.165, 1.54) is 11.0 Å². The van der Waals surface area contributed by atoms with E-state index in [1.807, 2.05) is 0 Å². The van der Waals surface area contributed by atoms with Crippen molar-refractivity contribution in [1.29, 1.82) is 0 Å². The number of carboxylic acid groups (broad SMARTS) is 1. The second kappa shape index (κ2) is 8.66. The van der Waals surface area contributed by atoms with Crippen molar-refractivity contribution in [3.8, 4) is 11.3 Å². The van der Waals surface area contributed by atoms with Gasteiger partial charge in [-0.05, 0) is 43.2 Å². The third kappa shape index (κ3) is 4.66. The van der Waals surface area contributed by atoms with Gasteiger partial charge in [-0.1, -0.05) is 24.0 Å². The second-order valence-electron chi connectivity index (χ2n) is 6.02. The minimum atomic E-state index is -0.973. The Labute approximate surface area is 169 Å². The molecule has 0 saturated carbocycles. The van der Waals surface area contributed by atoms with Crippen molar-refractivity contribution in [2.45, 2.75) is 19.3 Å². The van der Waals surface area contributed by atoms with Crippen molar-refractivity contribution in [1.82, 2.24) is 4.90 Å². The smallest absolute Gasteiger partial charge is 0.303 e. The molecule has 146 valence electrons. The Morgan fingerprint density at radius 2 is 2.00 bits per heavy atom. The molecule has 1 N–H and O–H groups in total. The molecular formula is C19H15F2NO4S2. The number of amides is 1. The molecule has 0 aliphatic carbocycles. The Bertz CT molecular complexity index is 971. The van der Waals surface area contributed by atoms with Crippen LogP contribution in [0.15, 0.2) is 39.7 Å². The van der Waals surface area contributed by atoms with Gasteiger partial charge in [-0.15, -0.1) is 0 Å². The molecule has 1 amide bonds. The van der Waals surface area contributed by atoms with Crippen LogP contribution in [-0.2, 0) is 9.59 Å². The Hall–Kier alpha value is -2.52. The molecule has 1 aliphatic heterocycles. The Morgan fingerprint density at radius 1 is 1.21 bits per heavy atom. The molecule has 2 heterocycles. The van der Waals surface area contributed by atoms with Crippen molar-refractivity contribution >= 4 is 46.3 Å². The van der Waals surface area contributed by atoms with E-state index in [4.69, 9.17) is 21.7 Å². The summed E-state index contributed by atoms with van der Waals surface area (Å²) >= 11 is 6.36. The van der Waals surface area contributed by atoms with Gasteiger partial charge in [0.1, 0.15) is 15.8 Å². The van der Waals surface area contributed by atoms with E-state index < -0.39 is 17.6 Å². The maximum atomic E-state index is 13.4. The maximum absolute atomic E-state index is 13.4. The van der Waals surface area contributed by atoms with Gasteiger partial charge in [0.2, 0.25) is 0 Å². The number of halogens is 2. The molecule has 0 bridgehead atoms. The number of aliphatic carboxylic acids is 1. The first-order chi connectivity index (χ1) is 13.3. The third-order valence-corrected chi connectivity index (χ3v) is 5.38. The molecule has 1 fully saturated rings. The van der Waals surface area contributed by atoms with Crippen LogP contribution in [0.1, 0.15) is 25.0 Å². The topological polar surface area (TPSA) is 70.8 Å². The van der Waals surface area contributed by atoms with Crippen LogP contribution >= 0.6 is 24.0 Å². The Kier molecular flexibility index (Phi) is 6.25. The van der Waals surface area contributed by atoms with Gasteiger partial charge in [0, 0.05) is 24.6 Å². The van der Waals surface area contributed by atoms with E-state index in [9.17, 15) is 18.4 Å². The monoisotopic (exact) mass is 423 g/mol. The number of unbranched alkanes of at least 4 members (excludes halogenated alkanes) is 1. The van der Waals surface area contributed by atoms with E-state index in [-0.39, 0.29) is 12.3 Å². The van der Waals surface area contributed by atoms with Gasteiger partial charge in [0.25, 0.3) is 5.91 Å². The molecule has 9 heteroatoms. The van der Waals surface area contributed by atoms with Crippen LogP contribution in [0.3, 0.4) is 0 Å². The van der Waals surface area contributed by atoms with E-state index in [2.05, 4.69) is 0 Å². The first kappa shape index (κ1) is 20.2. The lowest BCUT2D eigenvalue weighted by molar-refractivity contribution is -0.137. The quantitative estimate of drug-likeness (QED) is 0.396. The summed E-state index contributed by atoms with van der Waals surface area (Å²) in [5.74, 6) is -2.33. The normalized spacial score (nSPS) is 15.6. The number of thiocarbonyl (C=S) groups is 1. The fraction of sp³-hybridized carbons (Fsp3) is 0.211. The SMILES string of the molecule is O=C(O)CCCCN1C(=O)C(=Cc2ccc(-c3ccc(F)c(F)c3)o2)SC1=S. The van der Waals surface area contributed by atoms with E-state index >= 15 is 0 Å². The number of thioether (sulfide) groups is 1. The predicted octanol–water partition coefficient (Wildman–Crippen LogP) is 4.68. The highest BCUT2D eigenvalue weighted by atomic mass is 32.2. The van der Waals surface area contributed by atoms with Crippen LogP contribution in [0.2, 0.25) is 0 Å². The lowest BCUT2D eigenvalue weighted by atomic mass is 10.1. The molecule has 0 spiro atoms. The molecule has 2 aromatic rings. The molecule has 0 unspecified atom stereocenters. The number of benzene rings is 1.